The minimum Gasteiger partial charge on any atom is -0.377 e. The van der Waals surface area contributed by atoms with Crippen molar-refractivity contribution in [1.82, 2.24) is 25.8 Å². The first-order valence-electron chi connectivity index (χ1n) is 13.8. The zero-order chi connectivity index (χ0) is 30.0. The average molecular weight is 578 g/mol. The lowest BCUT2D eigenvalue weighted by Gasteiger charge is -2.30. The van der Waals surface area contributed by atoms with Crippen molar-refractivity contribution in [2.45, 2.75) is 45.7 Å². The first-order chi connectivity index (χ1) is 19.4. The summed E-state index contributed by atoms with van der Waals surface area (Å²) in [7, 11) is 0. The highest BCUT2D eigenvalue weighted by molar-refractivity contribution is 5.94. The molecule has 2 fully saturated rings. The maximum Gasteiger partial charge on any atom is 0.251 e. The summed E-state index contributed by atoms with van der Waals surface area (Å²) < 4.78 is 24.0. The van der Waals surface area contributed by atoms with E-state index in [1.165, 1.54) is 34.1 Å². The van der Waals surface area contributed by atoms with E-state index in [0.29, 0.717) is 6.42 Å². The molecule has 0 radical (unpaired) electrons. The van der Waals surface area contributed by atoms with E-state index in [4.69, 9.17) is 9.47 Å². The van der Waals surface area contributed by atoms with Crippen molar-refractivity contribution >= 4 is 29.5 Å². The molecule has 0 aliphatic carbocycles. The van der Waals surface area contributed by atoms with Gasteiger partial charge >= 0.3 is 0 Å². The summed E-state index contributed by atoms with van der Waals surface area (Å²) in [6.07, 6.45) is 0.631. The monoisotopic (exact) mass is 577 g/mol. The SMILES string of the molecule is CC(C)(C)CC(=O)N[C@@H]1CCN2C(=O)CN(CCNC(=O)c3ccc(F)cc3)C(=O)COCCOCCNC(=O)[C@H]12. The molecule has 3 rings (SSSR count). The quantitative estimate of drug-likeness (QED) is 0.434. The Labute approximate surface area is 239 Å². The number of ether oxygens (including phenoxy) is 2. The van der Waals surface area contributed by atoms with Gasteiger partial charge in [0.05, 0.1) is 32.4 Å². The Bertz CT molecular complexity index is 1090. The Balaban J connectivity index is 1.72. The fourth-order valence-corrected chi connectivity index (χ4v) is 4.66. The molecule has 2 aliphatic rings. The number of hydrogen-bond donors (Lipinski definition) is 3. The van der Waals surface area contributed by atoms with Crippen LogP contribution in [0.15, 0.2) is 24.3 Å². The maximum absolute atomic E-state index is 13.5. The van der Waals surface area contributed by atoms with Crippen LogP contribution in [-0.2, 0) is 28.7 Å². The third-order valence-electron chi connectivity index (χ3n) is 6.62. The first-order valence-corrected chi connectivity index (χ1v) is 13.8. The zero-order valence-corrected chi connectivity index (χ0v) is 23.9. The molecular formula is C28H40FN5O7. The Morgan fingerprint density at radius 2 is 1.76 bits per heavy atom. The lowest BCUT2D eigenvalue weighted by atomic mass is 9.91. The van der Waals surface area contributed by atoms with E-state index in [9.17, 15) is 28.4 Å². The van der Waals surface area contributed by atoms with Crippen molar-refractivity contribution in [2.75, 3.05) is 59.2 Å². The minimum absolute atomic E-state index is 0.00613. The van der Waals surface area contributed by atoms with Gasteiger partial charge in [-0.15, -0.1) is 0 Å². The molecule has 0 bridgehead atoms. The number of carbonyl (C=O) groups is 5. The van der Waals surface area contributed by atoms with Crippen LogP contribution in [0.3, 0.4) is 0 Å². The van der Waals surface area contributed by atoms with Crippen LogP contribution in [0.4, 0.5) is 4.39 Å². The van der Waals surface area contributed by atoms with E-state index in [1.807, 2.05) is 20.8 Å². The highest BCUT2D eigenvalue weighted by atomic mass is 19.1. The zero-order valence-electron chi connectivity index (χ0n) is 23.9. The molecule has 2 heterocycles. The number of fused-ring (bicyclic) bond motifs is 1. The molecule has 0 spiro atoms. The van der Waals surface area contributed by atoms with E-state index >= 15 is 0 Å². The van der Waals surface area contributed by atoms with Crippen LogP contribution in [0.25, 0.3) is 0 Å². The fourth-order valence-electron chi connectivity index (χ4n) is 4.66. The number of amides is 5. The molecular weight excluding hydrogens is 537 g/mol. The van der Waals surface area contributed by atoms with E-state index in [1.54, 1.807) is 0 Å². The smallest absolute Gasteiger partial charge is 0.251 e. The molecule has 12 nitrogen and oxygen atoms in total. The van der Waals surface area contributed by atoms with Crippen molar-refractivity contribution in [3.63, 3.8) is 0 Å². The van der Waals surface area contributed by atoms with Crippen molar-refractivity contribution < 1.29 is 37.8 Å². The van der Waals surface area contributed by atoms with Crippen LogP contribution in [0.5, 0.6) is 0 Å². The average Bonchev–Trinajstić information content (AvgIpc) is 3.31. The standard InChI is InChI=1S/C28H40FN5O7/c1-28(2,3)16-22(35)32-21-8-11-34-23(36)17-33(12-9-30-26(38)19-4-6-20(29)7-5-19)24(37)18-41-15-14-40-13-10-31-27(39)25(21)34/h4-7,21,25H,8-18H2,1-3H3,(H,30,38)(H,31,39)(H,32,35)/t21-,25+/m1/s1. The second-order valence-electron chi connectivity index (χ2n) is 11.3. The molecule has 13 heteroatoms. The number of halogens is 1. The molecule has 5 amide bonds. The number of rotatable bonds is 6. The molecule has 41 heavy (non-hydrogen) atoms. The highest BCUT2D eigenvalue weighted by Crippen LogP contribution is 2.22. The molecule has 0 saturated carbocycles. The third-order valence-corrected chi connectivity index (χ3v) is 6.62. The molecule has 3 N–H and O–H groups in total. The summed E-state index contributed by atoms with van der Waals surface area (Å²) in [5, 5.41) is 8.36. The summed E-state index contributed by atoms with van der Waals surface area (Å²) >= 11 is 0. The van der Waals surface area contributed by atoms with Crippen LogP contribution < -0.4 is 16.0 Å². The molecule has 1 aromatic carbocycles. The number of hydrogen-bond acceptors (Lipinski definition) is 7. The lowest BCUT2D eigenvalue weighted by Crippen LogP contribution is -2.57. The number of nitrogens with one attached hydrogen (secondary N) is 3. The highest BCUT2D eigenvalue weighted by Gasteiger charge is 2.43. The van der Waals surface area contributed by atoms with Gasteiger partial charge < -0.3 is 35.2 Å². The topological polar surface area (TPSA) is 146 Å². The van der Waals surface area contributed by atoms with Crippen molar-refractivity contribution in [2.24, 2.45) is 5.41 Å². The first kappa shape index (κ1) is 31.9. The third kappa shape index (κ3) is 10.1. The van der Waals surface area contributed by atoms with Crippen molar-refractivity contribution in [3.05, 3.63) is 35.6 Å². The van der Waals surface area contributed by atoms with Crippen LogP contribution in [-0.4, -0.2) is 111 Å². The number of nitrogens with zero attached hydrogens (tertiary/aromatic N) is 2. The normalized spacial score (nSPS) is 21.4. The van der Waals surface area contributed by atoms with Crippen LogP contribution >= 0.6 is 0 Å². The van der Waals surface area contributed by atoms with Gasteiger partial charge in [-0.1, -0.05) is 20.8 Å². The molecule has 2 aliphatic heterocycles. The summed E-state index contributed by atoms with van der Waals surface area (Å²) in [6.45, 7) is 6.16. The molecule has 0 aromatic heterocycles. The van der Waals surface area contributed by atoms with Gasteiger partial charge in [0.2, 0.25) is 23.6 Å². The minimum atomic E-state index is -0.956. The molecule has 2 saturated heterocycles. The summed E-state index contributed by atoms with van der Waals surface area (Å²) in [4.78, 5) is 67.4. The Morgan fingerprint density at radius 3 is 2.46 bits per heavy atom. The van der Waals surface area contributed by atoms with Crippen LogP contribution in [0, 0.1) is 11.2 Å². The van der Waals surface area contributed by atoms with Gasteiger partial charge in [0.1, 0.15) is 18.5 Å². The predicted octanol–water partition coefficient (Wildman–Crippen LogP) is 0.0690. The maximum atomic E-state index is 13.5. The Morgan fingerprint density at radius 1 is 1.05 bits per heavy atom. The van der Waals surface area contributed by atoms with E-state index in [2.05, 4.69) is 16.0 Å². The van der Waals surface area contributed by atoms with Gasteiger partial charge in [0.25, 0.3) is 5.91 Å². The lowest BCUT2D eigenvalue weighted by molar-refractivity contribution is -0.145. The van der Waals surface area contributed by atoms with Gasteiger partial charge in [0.15, 0.2) is 0 Å². The summed E-state index contributed by atoms with van der Waals surface area (Å²) in [5.74, 6) is -2.50. The van der Waals surface area contributed by atoms with Crippen LogP contribution in [0.2, 0.25) is 0 Å². The summed E-state index contributed by atoms with van der Waals surface area (Å²) in [5.41, 5.74) is -0.00564. The number of benzene rings is 1. The van der Waals surface area contributed by atoms with Gasteiger partial charge in [-0.05, 0) is 36.1 Å². The Kier molecular flexibility index (Phi) is 11.6. The molecule has 0 unspecified atom stereocenters. The molecule has 226 valence electrons. The Hall–Kier alpha value is -3.58. The number of carbonyl (C=O) groups excluding carboxylic acids is 5. The largest absolute Gasteiger partial charge is 0.377 e. The van der Waals surface area contributed by atoms with E-state index < -0.39 is 41.5 Å². The van der Waals surface area contributed by atoms with Crippen LogP contribution in [0.1, 0.15) is 44.0 Å². The van der Waals surface area contributed by atoms with Gasteiger partial charge in [0, 0.05) is 38.2 Å². The van der Waals surface area contributed by atoms with Gasteiger partial charge in [-0.3, -0.25) is 24.0 Å². The fraction of sp³-hybridized carbons (Fsp3) is 0.607. The molecule has 1 aromatic rings. The van der Waals surface area contributed by atoms with Gasteiger partial charge in [-0.2, -0.15) is 0 Å². The van der Waals surface area contributed by atoms with E-state index in [-0.39, 0.29) is 82.5 Å². The second kappa shape index (κ2) is 14.9. The van der Waals surface area contributed by atoms with Crippen molar-refractivity contribution in [1.29, 1.82) is 0 Å². The van der Waals surface area contributed by atoms with Gasteiger partial charge in [-0.25, -0.2) is 4.39 Å². The summed E-state index contributed by atoms with van der Waals surface area (Å²) in [6, 6.07) is 3.48. The van der Waals surface area contributed by atoms with E-state index in [0.717, 1.165) is 0 Å². The molecule has 2 atom stereocenters. The second-order valence-corrected chi connectivity index (χ2v) is 11.3. The predicted molar refractivity (Wildman–Crippen MR) is 146 cm³/mol. The van der Waals surface area contributed by atoms with Crippen molar-refractivity contribution in [3.8, 4) is 0 Å².